The van der Waals surface area contributed by atoms with Gasteiger partial charge in [-0.3, -0.25) is 0 Å². The van der Waals surface area contributed by atoms with Crippen molar-refractivity contribution in [1.82, 2.24) is 0 Å². The van der Waals surface area contributed by atoms with Gasteiger partial charge in [0.1, 0.15) is 0 Å². The Labute approximate surface area is 274 Å². The second kappa shape index (κ2) is 11.4. The maximum atomic E-state index is 2.54. The molecule has 6 rings (SSSR count). The van der Waals surface area contributed by atoms with E-state index in [0.29, 0.717) is 11.1 Å². The maximum absolute atomic E-state index is 2.54. The molecule has 0 amide bonds. The molecule has 232 valence electrons. The third kappa shape index (κ3) is 5.32. The Morgan fingerprint density at radius 1 is 0.511 bits per heavy atom. The Bertz CT molecular complexity index is 1650. The number of hydrogen-bond donors (Lipinski definition) is 0. The van der Waals surface area contributed by atoms with Gasteiger partial charge >= 0.3 is 0 Å². The SMILES string of the molecule is CC[Si](CC)(C1C(C)=Cc2c(-c3ccc(C(C)(C)C)cc3)cccc21)C1C(C)=Cc2c(-c3ccc(C(C)(C)C)cc3)cccc21. The van der Waals surface area contributed by atoms with Crippen molar-refractivity contribution in [2.45, 2.75) is 103 Å². The van der Waals surface area contributed by atoms with Crippen LogP contribution in [0, 0.1) is 0 Å². The van der Waals surface area contributed by atoms with Crippen molar-refractivity contribution in [3.63, 3.8) is 0 Å². The lowest BCUT2D eigenvalue weighted by molar-refractivity contribution is 0.590. The highest BCUT2D eigenvalue weighted by molar-refractivity contribution is 6.84. The first-order chi connectivity index (χ1) is 21.3. The van der Waals surface area contributed by atoms with Crippen molar-refractivity contribution in [1.29, 1.82) is 0 Å². The van der Waals surface area contributed by atoms with Crippen LogP contribution in [0.2, 0.25) is 12.1 Å². The number of allylic oxidation sites excluding steroid dienone is 2. The van der Waals surface area contributed by atoms with Crippen LogP contribution >= 0.6 is 0 Å². The molecule has 0 aromatic heterocycles. The molecule has 0 spiro atoms. The molecule has 0 bridgehead atoms. The molecule has 1 heteroatoms. The summed E-state index contributed by atoms with van der Waals surface area (Å²) in [6, 6.07) is 35.4. The van der Waals surface area contributed by atoms with Crippen molar-refractivity contribution in [3.8, 4) is 22.3 Å². The maximum Gasteiger partial charge on any atom is 0.0776 e. The van der Waals surface area contributed by atoms with Crippen LogP contribution in [0.5, 0.6) is 0 Å². The zero-order chi connectivity index (χ0) is 32.3. The molecule has 0 aliphatic heterocycles. The molecule has 0 N–H and O–H groups in total. The van der Waals surface area contributed by atoms with E-state index in [4.69, 9.17) is 0 Å². The molecule has 0 radical (unpaired) electrons. The van der Waals surface area contributed by atoms with Gasteiger partial charge < -0.3 is 0 Å². The Kier molecular flexibility index (Phi) is 8.01. The van der Waals surface area contributed by atoms with Crippen molar-refractivity contribution < 1.29 is 0 Å². The van der Waals surface area contributed by atoms with Gasteiger partial charge in [-0.2, -0.15) is 0 Å². The van der Waals surface area contributed by atoms with Gasteiger partial charge in [-0.05, 0) is 80.3 Å². The van der Waals surface area contributed by atoms with E-state index < -0.39 is 8.07 Å². The summed E-state index contributed by atoms with van der Waals surface area (Å²) in [5.41, 5.74) is 18.7. The van der Waals surface area contributed by atoms with Gasteiger partial charge in [0.25, 0.3) is 0 Å². The highest BCUT2D eigenvalue weighted by Crippen LogP contribution is 2.57. The Balaban J connectivity index is 1.43. The van der Waals surface area contributed by atoms with Gasteiger partial charge in [0.2, 0.25) is 0 Å². The summed E-state index contributed by atoms with van der Waals surface area (Å²) < 4.78 is 0. The molecule has 0 nitrogen and oxygen atoms in total. The number of benzene rings is 4. The van der Waals surface area contributed by atoms with Gasteiger partial charge in [0.15, 0.2) is 0 Å². The minimum absolute atomic E-state index is 0.158. The molecule has 0 saturated carbocycles. The highest BCUT2D eigenvalue weighted by Gasteiger charge is 2.51. The number of fused-ring (bicyclic) bond motifs is 2. The standard InChI is InChI=1S/C44H52Si/c1-11-45(12-2,41-29(3)27-39-35(15-13-17-37(39)41)31-19-23-33(24-20-31)43(5,6)7)42-30(4)28-40-36(16-14-18-38(40)42)32-21-25-34(26-22-32)44(8,9)10/h13-28,41-42H,11-12H2,1-10H3. The Hall–Kier alpha value is -3.42. The molecule has 4 aromatic rings. The van der Waals surface area contributed by atoms with Crippen LogP contribution in [0.3, 0.4) is 0 Å². The van der Waals surface area contributed by atoms with Crippen molar-refractivity contribution in [2.75, 3.05) is 0 Å². The molecule has 0 saturated heterocycles. The van der Waals surface area contributed by atoms with E-state index in [1.165, 1.54) is 56.6 Å². The molecule has 4 aromatic carbocycles. The van der Waals surface area contributed by atoms with Gasteiger partial charge in [-0.1, -0.05) is 176 Å². The molecule has 2 unspecified atom stereocenters. The topological polar surface area (TPSA) is 0 Å². The van der Waals surface area contributed by atoms with Crippen LogP contribution in [0.15, 0.2) is 96.1 Å². The van der Waals surface area contributed by atoms with Gasteiger partial charge in [-0.15, -0.1) is 0 Å². The largest absolute Gasteiger partial charge is 0.0776 e. The Morgan fingerprint density at radius 2 is 0.867 bits per heavy atom. The highest BCUT2D eigenvalue weighted by atomic mass is 28.3. The lowest BCUT2D eigenvalue weighted by Crippen LogP contribution is -2.47. The third-order valence-electron chi connectivity index (χ3n) is 11.1. The van der Waals surface area contributed by atoms with Crippen molar-refractivity contribution >= 4 is 20.2 Å². The smallest absolute Gasteiger partial charge is 0.0678 e. The number of hydrogen-bond acceptors (Lipinski definition) is 0. The van der Waals surface area contributed by atoms with E-state index in [2.05, 4.69) is 166 Å². The summed E-state index contributed by atoms with van der Waals surface area (Å²) >= 11 is 0. The first kappa shape index (κ1) is 31.6. The van der Waals surface area contributed by atoms with Crippen LogP contribution in [0.4, 0.5) is 0 Å². The average molecular weight is 609 g/mol. The van der Waals surface area contributed by atoms with Crippen LogP contribution in [0.25, 0.3) is 34.4 Å². The zero-order valence-corrected chi connectivity index (χ0v) is 30.3. The fourth-order valence-electron chi connectivity index (χ4n) is 8.67. The first-order valence-electron chi connectivity index (χ1n) is 17.1. The zero-order valence-electron chi connectivity index (χ0n) is 29.3. The summed E-state index contributed by atoms with van der Waals surface area (Å²) in [7, 11) is -1.96. The molecule has 45 heavy (non-hydrogen) atoms. The van der Waals surface area contributed by atoms with E-state index in [1.54, 1.807) is 22.3 Å². The molecule has 2 aliphatic carbocycles. The van der Waals surface area contributed by atoms with Gasteiger partial charge in [0.05, 0.1) is 8.07 Å². The molecule has 0 fully saturated rings. The average Bonchev–Trinajstić information content (AvgIpc) is 3.54. The Morgan fingerprint density at radius 3 is 1.18 bits per heavy atom. The minimum atomic E-state index is -1.96. The third-order valence-corrected chi connectivity index (χ3v) is 17.6. The van der Waals surface area contributed by atoms with Gasteiger partial charge in [0, 0.05) is 11.1 Å². The summed E-state index contributed by atoms with van der Waals surface area (Å²) in [6.07, 6.45) is 5.09. The van der Waals surface area contributed by atoms with Crippen LogP contribution in [-0.2, 0) is 10.8 Å². The van der Waals surface area contributed by atoms with Crippen LogP contribution in [0.1, 0.15) is 114 Å². The predicted molar refractivity (Wildman–Crippen MR) is 201 cm³/mol. The normalized spacial score (nSPS) is 18.0. The van der Waals surface area contributed by atoms with Crippen molar-refractivity contribution in [2.24, 2.45) is 0 Å². The quantitative estimate of drug-likeness (QED) is 0.191. The lowest BCUT2D eigenvalue weighted by Gasteiger charge is -2.44. The fraction of sp³-hybridized carbons (Fsp3) is 0.364. The summed E-state index contributed by atoms with van der Waals surface area (Å²) in [5.74, 6) is 0. The van der Waals surface area contributed by atoms with E-state index >= 15 is 0 Å². The molecular weight excluding hydrogens is 557 g/mol. The second-order valence-electron chi connectivity index (χ2n) is 15.9. The van der Waals surface area contributed by atoms with E-state index in [1.807, 2.05) is 0 Å². The van der Waals surface area contributed by atoms with E-state index in [9.17, 15) is 0 Å². The predicted octanol–water partition coefficient (Wildman–Crippen LogP) is 12.9. The minimum Gasteiger partial charge on any atom is -0.0678 e. The lowest BCUT2D eigenvalue weighted by atomic mass is 9.86. The van der Waals surface area contributed by atoms with Crippen molar-refractivity contribution in [3.05, 3.63) is 129 Å². The molecule has 2 aliphatic rings. The summed E-state index contributed by atoms with van der Waals surface area (Å²) in [4.78, 5) is 0. The fourth-order valence-corrected chi connectivity index (χ4v) is 14.9. The summed E-state index contributed by atoms with van der Waals surface area (Å²) in [5, 5.41) is 0. The number of rotatable bonds is 6. The monoisotopic (exact) mass is 608 g/mol. The van der Waals surface area contributed by atoms with Crippen LogP contribution in [-0.4, -0.2) is 8.07 Å². The molecule has 0 heterocycles. The van der Waals surface area contributed by atoms with E-state index in [-0.39, 0.29) is 10.8 Å². The van der Waals surface area contributed by atoms with Gasteiger partial charge in [-0.25, -0.2) is 0 Å². The summed E-state index contributed by atoms with van der Waals surface area (Å²) in [6.45, 7) is 23.6. The van der Waals surface area contributed by atoms with Crippen LogP contribution < -0.4 is 0 Å². The molecule has 2 atom stereocenters. The first-order valence-corrected chi connectivity index (χ1v) is 19.7. The molecular formula is C44H52Si. The van der Waals surface area contributed by atoms with E-state index in [0.717, 1.165) is 0 Å². The second-order valence-corrected chi connectivity index (χ2v) is 20.9.